The van der Waals surface area contributed by atoms with Gasteiger partial charge in [-0.05, 0) is 68.8 Å². The second-order valence-corrected chi connectivity index (χ2v) is 17.7. The maximum atomic E-state index is 5.25. The van der Waals surface area contributed by atoms with Gasteiger partial charge in [0.2, 0.25) is 0 Å². The Morgan fingerprint density at radius 2 is 0.597 bits per heavy atom. The topological polar surface area (TPSA) is 38.7 Å². The van der Waals surface area contributed by atoms with E-state index in [4.69, 9.17) is 15.0 Å². The zero-order valence-electron chi connectivity index (χ0n) is 33.4. The fourth-order valence-corrected chi connectivity index (χ4v) is 11.2. The number of thiophene rings is 2. The average Bonchev–Trinajstić information content (AvgIpc) is 3.92. The number of rotatable bonds is 7. The summed E-state index contributed by atoms with van der Waals surface area (Å²) in [5, 5.41) is 4.99. The van der Waals surface area contributed by atoms with Crippen molar-refractivity contribution in [3.8, 4) is 78.7 Å². The molecule has 0 aliphatic rings. The lowest BCUT2D eigenvalue weighted by atomic mass is 9.90. The Hall–Kier alpha value is -7.57. The number of fused-ring (bicyclic) bond motifs is 6. The van der Waals surface area contributed by atoms with Gasteiger partial charge in [-0.1, -0.05) is 188 Å². The van der Waals surface area contributed by atoms with Gasteiger partial charge in [-0.15, -0.1) is 22.7 Å². The van der Waals surface area contributed by atoms with Gasteiger partial charge in [0, 0.05) is 57.0 Å². The third kappa shape index (κ3) is 6.29. The van der Waals surface area contributed by atoms with Crippen molar-refractivity contribution in [2.45, 2.75) is 0 Å². The van der Waals surface area contributed by atoms with Crippen molar-refractivity contribution >= 4 is 63.0 Å². The lowest BCUT2D eigenvalue weighted by Gasteiger charge is -2.13. The van der Waals surface area contributed by atoms with Gasteiger partial charge in [0.15, 0.2) is 17.5 Å². The van der Waals surface area contributed by atoms with Crippen LogP contribution in [0.1, 0.15) is 0 Å². The largest absolute Gasteiger partial charge is 0.208 e. The number of aromatic nitrogens is 3. The first-order chi connectivity index (χ1) is 30.7. The highest BCUT2D eigenvalue weighted by molar-refractivity contribution is 7.26. The summed E-state index contributed by atoms with van der Waals surface area (Å²) in [4.78, 5) is 15.5. The normalized spacial score (nSPS) is 11.5. The van der Waals surface area contributed by atoms with Crippen LogP contribution in [0.3, 0.4) is 0 Å². The van der Waals surface area contributed by atoms with Crippen LogP contribution in [0.4, 0.5) is 0 Å². The highest BCUT2D eigenvalue weighted by Crippen LogP contribution is 2.47. The maximum absolute atomic E-state index is 5.25. The Balaban J connectivity index is 1.02. The number of nitrogens with zero attached hydrogens (tertiary/aromatic N) is 3. The standard InChI is InChI=1S/C57H35N3S2/c1-6-16-36(17-7-1)43-30-32-47-53(51(43)38-20-10-3-11-21-38)45-28-26-41(34-49(45)61-47)56-58-55(40-24-14-5-15-25-40)59-57(60-56)42-27-29-46-50(35-42)62-48-33-31-44(37-18-8-2-9-19-37)52(54(46)48)39-22-12-4-13-23-39/h1-35H. The highest BCUT2D eigenvalue weighted by Gasteiger charge is 2.20. The van der Waals surface area contributed by atoms with Crippen LogP contribution in [0.25, 0.3) is 119 Å². The first-order valence-electron chi connectivity index (χ1n) is 20.8. The van der Waals surface area contributed by atoms with Crippen LogP contribution in [-0.4, -0.2) is 15.0 Å². The number of hydrogen-bond donors (Lipinski definition) is 0. The third-order valence-corrected chi connectivity index (χ3v) is 14.0. The summed E-state index contributed by atoms with van der Waals surface area (Å²) in [5.41, 5.74) is 12.7. The van der Waals surface area contributed by atoms with E-state index >= 15 is 0 Å². The molecule has 0 N–H and O–H groups in total. The monoisotopic (exact) mass is 825 g/mol. The molecule has 0 amide bonds. The van der Waals surface area contributed by atoms with Crippen LogP contribution in [0.15, 0.2) is 212 Å². The van der Waals surface area contributed by atoms with Crippen LogP contribution in [0.5, 0.6) is 0 Å². The summed E-state index contributed by atoms with van der Waals surface area (Å²) in [6, 6.07) is 75.7. The van der Waals surface area contributed by atoms with Crippen LogP contribution < -0.4 is 0 Å². The van der Waals surface area contributed by atoms with E-state index in [1.165, 1.54) is 84.9 Å². The van der Waals surface area contributed by atoms with Crippen molar-refractivity contribution in [3.05, 3.63) is 212 Å². The quantitative estimate of drug-likeness (QED) is 0.161. The molecule has 62 heavy (non-hydrogen) atoms. The van der Waals surface area contributed by atoms with Crippen molar-refractivity contribution in [2.24, 2.45) is 0 Å². The van der Waals surface area contributed by atoms with E-state index in [9.17, 15) is 0 Å². The second kappa shape index (κ2) is 15.2. The molecule has 9 aromatic carbocycles. The van der Waals surface area contributed by atoms with E-state index in [1.54, 1.807) is 0 Å². The molecule has 0 atom stereocenters. The van der Waals surface area contributed by atoms with Gasteiger partial charge in [-0.3, -0.25) is 0 Å². The molecule has 12 rings (SSSR count). The number of benzene rings is 9. The molecule has 3 heterocycles. The molecule has 0 spiro atoms. The molecule has 0 radical (unpaired) electrons. The summed E-state index contributed by atoms with van der Waals surface area (Å²) in [5.74, 6) is 1.95. The summed E-state index contributed by atoms with van der Waals surface area (Å²) in [6.45, 7) is 0. The Morgan fingerprint density at radius 1 is 0.258 bits per heavy atom. The Morgan fingerprint density at radius 3 is 0.984 bits per heavy atom. The molecule has 0 saturated heterocycles. The lowest BCUT2D eigenvalue weighted by Crippen LogP contribution is -2.00. The first-order valence-corrected chi connectivity index (χ1v) is 22.4. The van der Waals surface area contributed by atoms with Crippen LogP contribution in [0.2, 0.25) is 0 Å². The maximum Gasteiger partial charge on any atom is 0.164 e. The van der Waals surface area contributed by atoms with Gasteiger partial charge in [0.25, 0.3) is 0 Å². The molecular weight excluding hydrogens is 791 g/mol. The molecule has 0 aliphatic heterocycles. The van der Waals surface area contributed by atoms with Crippen LogP contribution >= 0.6 is 22.7 Å². The van der Waals surface area contributed by atoms with Gasteiger partial charge >= 0.3 is 0 Å². The van der Waals surface area contributed by atoms with Gasteiger partial charge < -0.3 is 0 Å². The van der Waals surface area contributed by atoms with Crippen LogP contribution in [-0.2, 0) is 0 Å². The molecule has 12 aromatic rings. The summed E-state index contributed by atoms with van der Waals surface area (Å²) < 4.78 is 4.89. The zero-order valence-corrected chi connectivity index (χ0v) is 35.0. The molecule has 0 bridgehead atoms. The SMILES string of the molecule is c1ccc(-c2nc(-c3ccc4c(c3)sc3ccc(-c5ccccc5)c(-c5ccccc5)c34)nc(-c3ccc4c(c3)sc3ccc(-c5ccccc5)c(-c5ccccc5)c34)n2)cc1. The fourth-order valence-electron chi connectivity index (χ4n) is 8.89. The summed E-state index contributed by atoms with van der Waals surface area (Å²) >= 11 is 3.63. The Labute approximate surface area is 366 Å². The lowest BCUT2D eigenvalue weighted by molar-refractivity contribution is 1.08. The van der Waals surface area contributed by atoms with Gasteiger partial charge in [-0.2, -0.15) is 0 Å². The van der Waals surface area contributed by atoms with E-state index in [2.05, 4.69) is 194 Å². The number of hydrogen-bond acceptors (Lipinski definition) is 5. The van der Waals surface area contributed by atoms with E-state index in [0.29, 0.717) is 17.5 Å². The molecular formula is C57H35N3S2. The molecule has 0 fully saturated rings. The Bertz CT molecular complexity index is 3380. The van der Waals surface area contributed by atoms with Crippen molar-refractivity contribution in [3.63, 3.8) is 0 Å². The van der Waals surface area contributed by atoms with Gasteiger partial charge in [-0.25, -0.2) is 15.0 Å². The fraction of sp³-hybridized carbons (Fsp3) is 0. The molecule has 290 valence electrons. The molecule has 0 aliphatic carbocycles. The van der Waals surface area contributed by atoms with E-state index in [1.807, 2.05) is 40.9 Å². The molecule has 3 nitrogen and oxygen atoms in total. The van der Waals surface area contributed by atoms with Gasteiger partial charge in [0.1, 0.15) is 0 Å². The average molecular weight is 826 g/mol. The van der Waals surface area contributed by atoms with E-state index in [-0.39, 0.29) is 0 Å². The second-order valence-electron chi connectivity index (χ2n) is 15.5. The van der Waals surface area contributed by atoms with Gasteiger partial charge in [0.05, 0.1) is 0 Å². The van der Waals surface area contributed by atoms with Crippen molar-refractivity contribution in [2.75, 3.05) is 0 Å². The highest BCUT2D eigenvalue weighted by atomic mass is 32.1. The van der Waals surface area contributed by atoms with E-state index < -0.39 is 0 Å². The first kappa shape index (κ1) is 36.3. The zero-order chi connectivity index (χ0) is 41.0. The Kier molecular flexibility index (Phi) is 8.87. The summed E-state index contributed by atoms with van der Waals surface area (Å²) in [7, 11) is 0. The molecule has 0 unspecified atom stereocenters. The third-order valence-electron chi connectivity index (χ3n) is 11.8. The smallest absolute Gasteiger partial charge is 0.164 e. The minimum Gasteiger partial charge on any atom is -0.208 e. The van der Waals surface area contributed by atoms with Crippen LogP contribution in [0, 0.1) is 0 Å². The predicted octanol–water partition coefficient (Wildman–Crippen LogP) is 16.3. The molecule has 0 saturated carbocycles. The van der Waals surface area contributed by atoms with Crippen molar-refractivity contribution in [1.82, 2.24) is 15.0 Å². The minimum absolute atomic E-state index is 0.649. The minimum atomic E-state index is 0.649. The predicted molar refractivity (Wildman–Crippen MR) is 264 cm³/mol. The molecule has 5 heteroatoms. The molecule has 3 aromatic heterocycles. The van der Waals surface area contributed by atoms with Crippen molar-refractivity contribution in [1.29, 1.82) is 0 Å². The summed E-state index contributed by atoms with van der Waals surface area (Å²) in [6.07, 6.45) is 0. The van der Waals surface area contributed by atoms with E-state index in [0.717, 1.165) is 16.7 Å². The van der Waals surface area contributed by atoms with Crippen molar-refractivity contribution < 1.29 is 0 Å².